The summed E-state index contributed by atoms with van der Waals surface area (Å²) in [5.74, 6) is 1.81. The van der Waals surface area contributed by atoms with Gasteiger partial charge in [-0.15, -0.1) is 0 Å². The van der Waals surface area contributed by atoms with Crippen molar-refractivity contribution in [1.82, 2.24) is 0 Å². The van der Waals surface area contributed by atoms with Crippen molar-refractivity contribution in [1.29, 1.82) is 0 Å². The summed E-state index contributed by atoms with van der Waals surface area (Å²) in [6.07, 6.45) is 0. The summed E-state index contributed by atoms with van der Waals surface area (Å²) in [6.45, 7) is 0. The van der Waals surface area contributed by atoms with Gasteiger partial charge in [0.1, 0.15) is 11.5 Å². The molecule has 0 saturated carbocycles. The molecule has 236 valence electrons. The van der Waals surface area contributed by atoms with Crippen molar-refractivity contribution in [2.24, 2.45) is 0 Å². The minimum atomic E-state index is 0.889. The average Bonchev–Trinajstić information content (AvgIpc) is 3.20. The normalized spacial score (nSPS) is 12.1. The van der Waals surface area contributed by atoms with Crippen LogP contribution in [0.3, 0.4) is 0 Å². The molecular formula is C50H30O. The summed E-state index contributed by atoms with van der Waals surface area (Å²) in [6, 6.07) is 66.2. The van der Waals surface area contributed by atoms with Crippen LogP contribution in [0, 0.1) is 0 Å². The van der Waals surface area contributed by atoms with Crippen LogP contribution in [-0.4, -0.2) is 0 Å². The second-order valence-electron chi connectivity index (χ2n) is 13.6. The van der Waals surface area contributed by atoms with E-state index >= 15 is 0 Å². The number of hydrogen-bond donors (Lipinski definition) is 0. The van der Waals surface area contributed by atoms with Crippen LogP contribution >= 0.6 is 0 Å². The molecule has 0 N–H and O–H groups in total. The van der Waals surface area contributed by atoms with Crippen molar-refractivity contribution >= 4 is 43.1 Å². The van der Waals surface area contributed by atoms with E-state index in [-0.39, 0.29) is 0 Å². The van der Waals surface area contributed by atoms with E-state index < -0.39 is 0 Å². The third-order valence-electron chi connectivity index (χ3n) is 10.8. The number of benzene rings is 10. The molecule has 0 bridgehead atoms. The Morgan fingerprint density at radius 2 is 0.824 bits per heavy atom. The average molecular weight is 647 g/mol. The van der Waals surface area contributed by atoms with Gasteiger partial charge >= 0.3 is 0 Å². The molecule has 0 aliphatic carbocycles. The van der Waals surface area contributed by atoms with Gasteiger partial charge in [-0.1, -0.05) is 158 Å². The van der Waals surface area contributed by atoms with E-state index in [2.05, 4.69) is 182 Å². The maximum atomic E-state index is 6.87. The fraction of sp³-hybridized carbons (Fsp3) is 0. The Hall–Kier alpha value is -6.70. The zero-order valence-corrected chi connectivity index (χ0v) is 27.7. The molecule has 1 aliphatic heterocycles. The van der Waals surface area contributed by atoms with Gasteiger partial charge in [0.05, 0.1) is 0 Å². The predicted octanol–water partition coefficient (Wildman–Crippen LogP) is 14.2. The molecule has 0 spiro atoms. The monoisotopic (exact) mass is 646 g/mol. The van der Waals surface area contributed by atoms with Gasteiger partial charge in [-0.3, -0.25) is 0 Å². The van der Waals surface area contributed by atoms with Gasteiger partial charge in [-0.25, -0.2) is 0 Å². The quantitative estimate of drug-likeness (QED) is 0.173. The molecule has 10 aromatic carbocycles. The van der Waals surface area contributed by atoms with Gasteiger partial charge in [0.25, 0.3) is 0 Å². The fourth-order valence-corrected chi connectivity index (χ4v) is 8.43. The largest absolute Gasteiger partial charge is 0.455 e. The van der Waals surface area contributed by atoms with Crippen LogP contribution in [0.1, 0.15) is 0 Å². The van der Waals surface area contributed by atoms with E-state index in [0.29, 0.717) is 0 Å². The van der Waals surface area contributed by atoms with Gasteiger partial charge in [-0.05, 0) is 106 Å². The second kappa shape index (κ2) is 10.9. The van der Waals surface area contributed by atoms with Crippen molar-refractivity contribution in [2.45, 2.75) is 0 Å². The number of hydrogen-bond acceptors (Lipinski definition) is 1. The van der Waals surface area contributed by atoms with E-state index in [4.69, 9.17) is 4.74 Å². The van der Waals surface area contributed by atoms with Gasteiger partial charge in [-0.2, -0.15) is 0 Å². The Morgan fingerprint density at radius 3 is 1.53 bits per heavy atom. The molecule has 11 rings (SSSR count). The van der Waals surface area contributed by atoms with Crippen LogP contribution < -0.4 is 4.74 Å². The molecule has 0 amide bonds. The predicted molar refractivity (Wildman–Crippen MR) is 215 cm³/mol. The maximum absolute atomic E-state index is 6.87. The first-order valence-electron chi connectivity index (χ1n) is 17.6. The molecule has 0 fully saturated rings. The molecule has 1 heteroatoms. The first-order chi connectivity index (χ1) is 25.3. The molecule has 0 atom stereocenters. The highest BCUT2D eigenvalue weighted by molar-refractivity contribution is 6.27. The lowest BCUT2D eigenvalue weighted by atomic mass is 9.86. The van der Waals surface area contributed by atoms with Crippen LogP contribution in [0.5, 0.6) is 11.5 Å². The molecule has 1 nitrogen and oxygen atoms in total. The minimum absolute atomic E-state index is 0.889. The van der Waals surface area contributed by atoms with Gasteiger partial charge in [0.15, 0.2) is 0 Å². The number of rotatable bonds is 4. The molecule has 1 heterocycles. The van der Waals surface area contributed by atoms with Crippen molar-refractivity contribution in [2.75, 3.05) is 0 Å². The zero-order valence-electron chi connectivity index (χ0n) is 27.7. The summed E-state index contributed by atoms with van der Waals surface area (Å²) in [5.41, 5.74) is 11.9. The minimum Gasteiger partial charge on any atom is -0.455 e. The van der Waals surface area contributed by atoms with Crippen LogP contribution in [-0.2, 0) is 0 Å². The van der Waals surface area contributed by atoms with Gasteiger partial charge in [0.2, 0.25) is 0 Å². The summed E-state index contributed by atoms with van der Waals surface area (Å²) in [7, 11) is 0. The summed E-state index contributed by atoms with van der Waals surface area (Å²) >= 11 is 0. The standard InChI is InChI=1S/C50H30O/c1-3-9-31(10-4-1)36-22-28-46-45(30-36)42-16-8-13-33-19-25-41(50(51-46)49(33)42)38-15-7-14-37(29-38)40-24-18-35-20-26-43-39(32-11-5-2-6-12-32)23-17-34-21-27-44(40)48(35)47(34)43/h1-30H. The van der Waals surface area contributed by atoms with Crippen molar-refractivity contribution in [3.8, 4) is 67.1 Å². The highest BCUT2D eigenvalue weighted by Crippen LogP contribution is 2.51. The van der Waals surface area contributed by atoms with E-state index in [1.165, 1.54) is 76.6 Å². The lowest BCUT2D eigenvalue weighted by molar-refractivity contribution is 0.489. The highest BCUT2D eigenvalue weighted by atomic mass is 16.5. The number of fused-ring (bicyclic) bond motifs is 2. The smallest absolute Gasteiger partial charge is 0.143 e. The van der Waals surface area contributed by atoms with Crippen LogP contribution in [0.2, 0.25) is 0 Å². The number of ether oxygens (including phenoxy) is 1. The van der Waals surface area contributed by atoms with E-state index in [1.807, 2.05) is 0 Å². The Labute approximate surface area is 296 Å². The lowest BCUT2D eigenvalue weighted by Gasteiger charge is -2.24. The molecule has 10 aromatic rings. The Balaban J connectivity index is 1.07. The summed E-state index contributed by atoms with van der Waals surface area (Å²) < 4.78 is 6.87. The highest BCUT2D eigenvalue weighted by Gasteiger charge is 2.24. The molecule has 1 aliphatic rings. The van der Waals surface area contributed by atoms with Crippen LogP contribution in [0.25, 0.3) is 98.7 Å². The zero-order chi connectivity index (χ0) is 33.5. The fourth-order valence-electron chi connectivity index (χ4n) is 8.43. The lowest BCUT2D eigenvalue weighted by Crippen LogP contribution is -1.99. The Morgan fingerprint density at radius 1 is 0.275 bits per heavy atom. The SMILES string of the molecule is c1ccc(-c2ccc3c(c2)-c2cccc4ccc(-c5cccc(-c6ccc7ccc8c(-c9ccccc9)ccc9ccc6c7c98)c5)c(c24)O3)cc1. The van der Waals surface area contributed by atoms with E-state index in [1.54, 1.807) is 0 Å². The molecule has 0 unspecified atom stereocenters. The summed E-state index contributed by atoms with van der Waals surface area (Å²) in [5, 5.41) is 10.1. The molecule has 0 aromatic heterocycles. The van der Waals surface area contributed by atoms with Crippen LogP contribution in [0.4, 0.5) is 0 Å². The van der Waals surface area contributed by atoms with Crippen molar-refractivity contribution in [3.63, 3.8) is 0 Å². The van der Waals surface area contributed by atoms with E-state index in [0.717, 1.165) is 33.6 Å². The first-order valence-corrected chi connectivity index (χ1v) is 17.6. The van der Waals surface area contributed by atoms with E-state index in [9.17, 15) is 0 Å². The molecular weight excluding hydrogens is 617 g/mol. The third kappa shape index (κ3) is 4.28. The third-order valence-corrected chi connectivity index (χ3v) is 10.8. The second-order valence-corrected chi connectivity index (χ2v) is 13.6. The molecule has 0 radical (unpaired) electrons. The Bertz CT molecular complexity index is 2970. The summed E-state index contributed by atoms with van der Waals surface area (Å²) in [4.78, 5) is 0. The maximum Gasteiger partial charge on any atom is 0.143 e. The van der Waals surface area contributed by atoms with Gasteiger partial charge in [0, 0.05) is 16.5 Å². The Kier molecular flexibility index (Phi) is 6.02. The van der Waals surface area contributed by atoms with Gasteiger partial charge < -0.3 is 4.74 Å². The van der Waals surface area contributed by atoms with Crippen molar-refractivity contribution < 1.29 is 4.74 Å². The van der Waals surface area contributed by atoms with Crippen LogP contribution in [0.15, 0.2) is 182 Å². The topological polar surface area (TPSA) is 9.23 Å². The van der Waals surface area contributed by atoms with Crippen molar-refractivity contribution in [3.05, 3.63) is 182 Å². The molecule has 51 heavy (non-hydrogen) atoms. The molecule has 0 saturated heterocycles. The first kappa shape index (κ1) is 28.2.